The molecule has 11 heteroatoms. The zero-order valence-corrected chi connectivity index (χ0v) is 22.7. The number of carbonyl (C=O) groups excluding carboxylic acids is 1. The predicted octanol–water partition coefficient (Wildman–Crippen LogP) is 3.81. The van der Waals surface area contributed by atoms with Crippen molar-refractivity contribution in [3.8, 4) is 5.75 Å². The van der Waals surface area contributed by atoms with E-state index in [2.05, 4.69) is 10.3 Å². The lowest BCUT2D eigenvalue weighted by molar-refractivity contribution is -0.128. The summed E-state index contributed by atoms with van der Waals surface area (Å²) < 4.78 is 66.1. The Morgan fingerprint density at radius 3 is 2.38 bits per heavy atom. The fourth-order valence-electron chi connectivity index (χ4n) is 4.31. The lowest BCUT2D eigenvalue weighted by Gasteiger charge is -2.28. The van der Waals surface area contributed by atoms with E-state index in [1.54, 1.807) is 49.4 Å². The van der Waals surface area contributed by atoms with Crippen LogP contribution in [0.4, 0.5) is 8.78 Å². The molecule has 3 aromatic carbocycles. The molecule has 1 aliphatic rings. The predicted molar refractivity (Wildman–Crippen MR) is 145 cm³/mol. The van der Waals surface area contributed by atoms with E-state index in [1.165, 1.54) is 18.2 Å². The van der Waals surface area contributed by atoms with Gasteiger partial charge in [-0.15, -0.1) is 0 Å². The van der Waals surface area contributed by atoms with Crippen molar-refractivity contribution < 1.29 is 36.6 Å². The van der Waals surface area contributed by atoms with Gasteiger partial charge in [-0.1, -0.05) is 24.3 Å². The normalized spacial score (nSPS) is 18.6. The average Bonchev–Trinajstić information content (AvgIpc) is 3.30. The molecule has 4 rings (SSSR count). The van der Waals surface area contributed by atoms with Gasteiger partial charge in [0.15, 0.2) is 15.4 Å². The third kappa shape index (κ3) is 6.48. The highest BCUT2D eigenvalue weighted by atomic mass is 32.2. The van der Waals surface area contributed by atoms with Crippen molar-refractivity contribution in [3.63, 3.8) is 0 Å². The van der Waals surface area contributed by atoms with E-state index in [0.29, 0.717) is 24.3 Å². The number of aliphatic hydroxyl groups excluding tert-OH is 1. The van der Waals surface area contributed by atoms with Crippen molar-refractivity contribution in [1.82, 2.24) is 5.32 Å². The molecule has 3 aromatic rings. The smallest absolute Gasteiger partial charge is 0.252 e. The quantitative estimate of drug-likeness (QED) is 0.319. The molecule has 8 nitrogen and oxygen atoms in total. The highest BCUT2D eigenvalue weighted by Gasteiger charge is 2.50. The van der Waals surface area contributed by atoms with E-state index in [9.17, 15) is 22.0 Å². The fraction of sp³-hybridized carbons (Fsp3) is 0.310. The summed E-state index contributed by atoms with van der Waals surface area (Å²) in [6, 6.07) is 18.0. The number of amides is 1. The summed E-state index contributed by atoms with van der Waals surface area (Å²) in [4.78, 5) is 18.3. The topological polar surface area (TPSA) is 114 Å². The Balaban J connectivity index is 1.62. The molecule has 0 unspecified atom stereocenters. The van der Waals surface area contributed by atoms with Gasteiger partial charge in [0.1, 0.15) is 23.5 Å². The zero-order valence-electron chi connectivity index (χ0n) is 21.8. The van der Waals surface area contributed by atoms with Crippen molar-refractivity contribution in [1.29, 1.82) is 0 Å². The Kier molecular flexibility index (Phi) is 9.16. The summed E-state index contributed by atoms with van der Waals surface area (Å²) >= 11 is 0. The number of carbonyl (C=O) groups is 1. The Morgan fingerprint density at radius 2 is 1.73 bits per heavy atom. The Labute approximate surface area is 231 Å². The molecule has 0 fully saturated rings. The minimum Gasteiger partial charge on any atom is -0.494 e. The number of hydrogen-bond donors (Lipinski definition) is 2. The molecule has 2 atom stereocenters. The number of benzene rings is 3. The van der Waals surface area contributed by atoms with Gasteiger partial charge in [0, 0.05) is 30.7 Å². The second-order valence-corrected chi connectivity index (χ2v) is 11.4. The zero-order chi connectivity index (χ0) is 28.8. The first-order chi connectivity index (χ1) is 19.2. The third-order valence-electron chi connectivity index (χ3n) is 6.67. The molecule has 212 valence electrons. The van der Waals surface area contributed by atoms with Crippen LogP contribution in [0.2, 0.25) is 0 Å². The number of nitrogens with zero attached hydrogens (tertiary/aromatic N) is 1. The van der Waals surface area contributed by atoms with Crippen LogP contribution in [0.5, 0.6) is 5.75 Å². The molecular weight excluding hydrogens is 542 g/mol. The van der Waals surface area contributed by atoms with Gasteiger partial charge in [-0.2, -0.15) is 0 Å². The van der Waals surface area contributed by atoms with E-state index < -0.39 is 51.3 Å². The number of hydrogen-bond acceptors (Lipinski definition) is 7. The number of nitrogens with one attached hydrogen (secondary N) is 1. The molecular formula is C29H30F2N2O6S. The highest BCUT2D eigenvalue weighted by molar-refractivity contribution is 7.91. The van der Waals surface area contributed by atoms with Crippen molar-refractivity contribution >= 4 is 21.6 Å². The number of halogens is 2. The van der Waals surface area contributed by atoms with Gasteiger partial charge in [0.05, 0.1) is 17.3 Å². The van der Waals surface area contributed by atoms with E-state index in [0.717, 1.165) is 12.1 Å². The van der Waals surface area contributed by atoms with Crippen molar-refractivity contribution in [3.05, 3.63) is 95.6 Å². The largest absolute Gasteiger partial charge is 0.494 e. The Hall–Kier alpha value is -3.83. The SMILES string of the molecule is C[C@H]1OC(c2ccc(OCCCO)cc2)=N[C@@]1(CCS(=O)(=O)c1ccccc1)C(=O)NCc1c(F)cccc1F. The molecule has 0 saturated carbocycles. The van der Waals surface area contributed by atoms with Crippen molar-refractivity contribution in [2.75, 3.05) is 19.0 Å². The van der Waals surface area contributed by atoms with E-state index in [-0.39, 0.29) is 29.4 Å². The number of sulfone groups is 1. The molecule has 1 aliphatic heterocycles. The standard InChI is InChI=1S/C29H30F2N2O6S/c1-20-29(15-18-40(36,37)23-7-3-2-4-8-23,28(35)32-19-24-25(30)9-5-10-26(24)31)33-27(39-20)21-11-13-22(14-12-21)38-17-6-16-34/h2-5,7-14,20,34H,6,15-19H2,1H3,(H,32,35)/t20-,29-/m1/s1. The van der Waals surface area contributed by atoms with Crippen LogP contribution in [0.1, 0.15) is 30.9 Å². The first-order valence-electron chi connectivity index (χ1n) is 12.8. The molecule has 0 aliphatic carbocycles. The minimum atomic E-state index is -3.78. The molecule has 40 heavy (non-hydrogen) atoms. The number of ether oxygens (including phenoxy) is 2. The Bertz CT molecular complexity index is 1450. The summed E-state index contributed by atoms with van der Waals surface area (Å²) in [5.74, 6) is -2.08. The first kappa shape index (κ1) is 29.2. The second kappa shape index (κ2) is 12.6. The molecule has 1 heterocycles. The number of rotatable bonds is 12. The minimum absolute atomic E-state index is 0.00825. The molecule has 0 bridgehead atoms. The van der Waals surface area contributed by atoms with Gasteiger partial charge in [0.25, 0.3) is 5.91 Å². The van der Waals surface area contributed by atoms with Crippen LogP contribution in [0.25, 0.3) is 0 Å². The second-order valence-electron chi connectivity index (χ2n) is 9.32. The van der Waals surface area contributed by atoms with E-state index in [4.69, 9.17) is 14.6 Å². The van der Waals surface area contributed by atoms with Crippen molar-refractivity contribution in [2.24, 2.45) is 4.99 Å². The van der Waals surface area contributed by atoms with E-state index in [1.807, 2.05) is 0 Å². The summed E-state index contributed by atoms with van der Waals surface area (Å²) in [7, 11) is -3.78. The Morgan fingerprint density at radius 1 is 1.05 bits per heavy atom. The first-order valence-corrected chi connectivity index (χ1v) is 14.4. The summed E-state index contributed by atoms with van der Waals surface area (Å²) in [6.45, 7) is 1.49. The van der Waals surface area contributed by atoms with Crippen LogP contribution < -0.4 is 10.1 Å². The lowest BCUT2D eigenvalue weighted by atomic mass is 9.90. The van der Waals surface area contributed by atoms with Gasteiger partial charge in [-0.25, -0.2) is 22.2 Å². The molecule has 2 N–H and O–H groups in total. The maximum absolute atomic E-state index is 14.2. The van der Waals surface area contributed by atoms with Gasteiger partial charge in [-0.05, 0) is 61.9 Å². The molecule has 0 saturated heterocycles. The molecule has 0 radical (unpaired) electrons. The maximum atomic E-state index is 14.2. The summed E-state index contributed by atoms with van der Waals surface area (Å²) in [6.07, 6.45) is -0.641. The number of aliphatic hydroxyl groups is 1. The van der Waals surface area contributed by atoms with Crippen LogP contribution in [0, 0.1) is 11.6 Å². The van der Waals surface area contributed by atoms with Crippen LogP contribution in [0.15, 0.2) is 82.7 Å². The van der Waals surface area contributed by atoms with Crippen LogP contribution >= 0.6 is 0 Å². The summed E-state index contributed by atoms with van der Waals surface area (Å²) in [5, 5.41) is 11.5. The summed E-state index contributed by atoms with van der Waals surface area (Å²) in [5.41, 5.74) is -1.48. The number of aliphatic imine (C=N–C) groups is 1. The average molecular weight is 573 g/mol. The van der Waals surface area contributed by atoms with Crippen molar-refractivity contribution in [2.45, 2.75) is 42.8 Å². The van der Waals surface area contributed by atoms with E-state index >= 15 is 0 Å². The van der Waals surface area contributed by atoms with Crippen LogP contribution in [0.3, 0.4) is 0 Å². The van der Waals surface area contributed by atoms with Crippen LogP contribution in [-0.2, 0) is 25.9 Å². The fourth-order valence-corrected chi connectivity index (χ4v) is 5.70. The molecule has 1 amide bonds. The third-order valence-corrected chi connectivity index (χ3v) is 8.40. The monoisotopic (exact) mass is 572 g/mol. The lowest BCUT2D eigenvalue weighted by Crippen LogP contribution is -2.51. The van der Waals surface area contributed by atoms with Crippen LogP contribution in [-0.4, -0.2) is 55.9 Å². The van der Waals surface area contributed by atoms with Gasteiger partial charge in [-0.3, -0.25) is 4.79 Å². The highest BCUT2D eigenvalue weighted by Crippen LogP contribution is 2.34. The van der Waals surface area contributed by atoms with Gasteiger partial charge >= 0.3 is 0 Å². The molecule has 0 spiro atoms. The maximum Gasteiger partial charge on any atom is 0.252 e. The molecule has 0 aromatic heterocycles. The van der Waals surface area contributed by atoms with Gasteiger partial charge in [0.2, 0.25) is 5.90 Å². The van der Waals surface area contributed by atoms with Gasteiger partial charge < -0.3 is 19.9 Å².